The summed E-state index contributed by atoms with van der Waals surface area (Å²) in [6.07, 6.45) is -4.56. The fourth-order valence-corrected chi connectivity index (χ4v) is 3.45. The van der Waals surface area contributed by atoms with Crippen molar-refractivity contribution in [2.24, 2.45) is 0 Å². The number of alkyl halides is 3. The van der Waals surface area contributed by atoms with Crippen LogP contribution in [0, 0.1) is 19.7 Å². The largest absolute Gasteiger partial charge is 0.406 e. The average molecular weight is 424 g/mol. The lowest BCUT2D eigenvalue weighted by Gasteiger charge is -2.27. The van der Waals surface area contributed by atoms with Crippen LogP contribution in [0.5, 0.6) is 0 Å². The van der Waals surface area contributed by atoms with Gasteiger partial charge in [0, 0.05) is 16.1 Å². The van der Waals surface area contributed by atoms with Gasteiger partial charge in [0.1, 0.15) is 24.0 Å². The Kier molecular flexibility index (Phi) is 4.57. The number of hydrogen-bond acceptors (Lipinski definition) is 4. The minimum Gasteiger partial charge on any atom is -0.316 e. The lowest BCUT2D eigenvalue weighted by molar-refractivity contribution is -0.118. The number of rotatable bonds is 3. The lowest BCUT2D eigenvalue weighted by Crippen LogP contribution is -2.31. The maximum absolute atomic E-state index is 14.0. The van der Waals surface area contributed by atoms with Crippen LogP contribution < -0.4 is 4.90 Å². The quantitative estimate of drug-likeness (QED) is 0.415. The topological polar surface area (TPSA) is 46.3 Å². The number of nitrogens with zero attached hydrogens (tertiary/aromatic N) is 5. The molecule has 0 aliphatic rings. The summed E-state index contributed by atoms with van der Waals surface area (Å²) in [7, 11) is 0. The first-order valence-electron chi connectivity index (χ1n) is 8.55. The number of halogens is 5. The van der Waals surface area contributed by atoms with Gasteiger partial charge in [-0.1, -0.05) is 11.6 Å². The van der Waals surface area contributed by atoms with E-state index in [4.69, 9.17) is 11.6 Å². The zero-order valence-electron chi connectivity index (χ0n) is 15.3. The Morgan fingerprint density at radius 3 is 2.52 bits per heavy atom. The van der Waals surface area contributed by atoms with E-state index in [1.54, 1.807) is 36.4 Å². The second-order valence-corrected chi connectivity index (χ2v) is 7.10. The highest BCUT2D eigenvalue weighted by atomic mass is 35.5. The summed E-state index contributed by atoms with van der Waals surface area (Å²) in [6.45, 7) is 1.95. The van der Waals surface area contributed by atoms with Crippen molar-refractivity contribution in [3.8, 4) is 0 Å². The van der Waals surface area contributed by atoms with Gasteiger partial charge in [-0.25, -0.2) is 4.39 Å². The molecule has 10 heteroatoms. The van der Waals surface area contributed by atoms with Gasteiger partial charge >= 0.3 is 6.18 Å². The maximum atomic E-state index is 14.0. The molecule has 150 valence electrons. The van der Waals surface area contributed by atoms with E-state index < -0.39 is 18.5 Å². The van der Waals surface area contributed by atoms with Gasteiger partial charge in [-0.3, -0.25) is 4.40 Å². The molecule has 0 bridgehead atoms. The molecular formula is C19H14ClF4N5. The molecule has 0 aliphatic carbocycles. The number of aromatic nitrogens is 4. The zero-order chi connectivity index (χ0) is 20.9. The van der Waals surface area contributed by atoms with Gasteiger partial charge < -0.3 is 4.90 Å². The maximum Gasteiger partial charge on any atom is 0.406 e. The van der Waals surface area contributed by atoms with Crippen LogP contribution in [0.25, 0.3) is 16.7 Å². The standard InChI is InChI=1S/C19H14ClF4N5/c1-10-5-13(21)8-14(6-10)28(9-19(22,23)24)17-15-4-3-12(20)7-16(15)29-11(2)26-27-18(29)25-17/h3-8H,9H2,1-2H3. The predicted octanol–water partition coefficient (Wildman–Crippen LogP) is 5.39. The second-order valence-electron chi connectivity index (χ2n) is 6.67. The molecule has 0 spiro atoms. The molecule has 2 heterocycles. The molecule has 0 N–H and O–H groups in total. The summed E-state index contributed by atoms with van der Waals surface area (Å²) in [5, 5.41) is 8.70. The van der Waals surface area contributed by atoms with E-state index in [9.17, 15) is 17.6 Å². The van der Waals surface area contributed by atoms with E-state index in [-0.39, 0.29) is 17.3 Å². The van der Waals surface area contributed by atoms with Crippen molar-refractivity contribution in [1.29, 1.82) is 0 Å². The molecule has 2 aromatic carbocycles. The minimum absolute atomic E-state index is 0.0149. The van der Waals surface area contributed by atoms with Crippen LogP contribution in [0.15, 0.2) is 36.4 Å². The van der Waals surface area contributed by atoms with E-state index in [2.05, 4.69) is 15.2 Å². The van der Waals surface area contributed by atoms with Crippen molar-refractivity contribution >= 4 is 39.8 Å². The molecule has 29 heavy (non-hydrogen) atoms. The van der Waals surface area contributed by atoms with Crippen LogP contribution in [0.2, 0.25) is 5.02 Å². The molecule has 0 unspecified atom stereocenters. The summed E-state index contributed by atoms with van der Waals surface area (Å²) >= 11 is 6.12. The van der Waals surface area contributed by atoms with Gasteiger partial charge in [0.15, 0.2) is 0 Å². The summed E-state index contributed by atoms with van der Waals surface area (Å²) in [5.74, 6) is -0.0272. The van der Waals surface area contributed by atoms with Crippen molar-refractivity contribution in [3.63, 3.8) is 0 Å². The fraction of sp³-hybridized carbons (Fsp3) is 0.211. The highest BCUT2D eigenvalue weighted by Gasteiger charge is 2.33. The Morgan fingerprint density at radius 1 is 1.07 bits per heavy atom. The molecule has 0 aliphatic heterocycles. The highest BCUT2D eigenvalue weighted by Crippen LogP contribution is 2.35. The summed E-state index contributed by atoms with van der Waals surface area (Å²) in [4.78, 5) is 5.25. The molecule has 4 aromatic rings. The summed E-state index contributed by atoms with van der Waals surface area (Å²) in [6, 6.07) is 8.50. The third kappa shape index (κ3) is 3.69. The first-order chi connectivity index (χ1) is 13.6. The normalized spacial score (nSPS) is 12.1. The Labute approximate surface area is 167 Å². The zero-order valence-corrected chi connectivity index (χ0v) is 16.1. The molecule has 0 radical (unpaired) electrons. The molecule has 0 saturated carbocycles. The number of hydrogen-bond donors (Lipinski definition) is 0. The monoisotopic (exact) mass is 423 g/mol. The number of benzene rings is 2. The van der Waals surface area contributed by atoms with Crippen LogP contribution in [-0.2, 0) is 0 Å². The van der Waals surface area contributed by atoms with Gasteiger partial charge in [-0.2, -0.15) is 18.2 Å². The van der Waals surface area contributed by atoms with Crippen LogP contribution in [0.3, 0.4) is 0 Å². The Hall–Kier alpha value is -2.94. The van der Waals surface area contributed by atoms with Gasteiger partial charge in [0.2, 0.25) is 0 Å². The molecule has 0 amide bonds. The van der Waals surface area contributed by atoms with Crippen LogP contribution >= 0.6 is 11.6 Å². The summed E-state index contributed by atoms with van der Waals surface area (Å²) in [5.41, 5.74) is 1.02. The smallest absolute Gasteiger partial charge is 0.316 e. The van der Waals surface area contributed by atoms with Crippen LogP contribution in [-0.4, -0.2) is 32.3 Å². The van der Waals surface area contributed by atoms with Crippen LogP contribution in [0.4, 0.5) is 29.1 Å². The van der Waals surface area contributed by atoms with Crippen molar-refractivity contribution in [1.82, 2.24) is 19.6 Å². The molecule has 5 nitrogen and oxygen atoms in total. The van der Waals surface area contributed by atoms with E-state index in [1.807, 2.05) is 0 Å². The van der Waals surface area contributed by atoms with Crippen molar-refractivity contribution in [2.45, 2.75) is 20.0 Å². The van der Waals surface area contributed by atoms with E-state index in [0.29, 0.717) is 27.3 Å². The van der Waals surface area contributed by atoms with E-state index in [0.717, 1.165) is 11.0 Å². The third-order valence-electron chi connectivity index (χ3n) is 4.39. The molecule has 0 saturated heterocycles. The second kappa shape index (κ2) is 6.84. The van der Waals surface area contributed by atoms with Crippen molar-refractivity contribution in [3.05, 3.63) is 58.6 Å². The Balaban J connectivity index is 2.05. The predicted molar refractivity (Wildman–Crippen MR) is 102 cm³/mol. The fourth-order valence-electron chi connectivity index (χ4n) is 3.29. The molecule has 0 fully saturated rings. The van der Waals surface area contributed by atoms with Gasteiger partial charge in [-0.15, -0.1) is 10.2 Å². The van der Waals surface area contributed by atoms with Crippen LogP contribution in [0.1, 0.15) is 11.4 Å². The molecule has 0 atom stereocenters. The first kappa shape index (κ1) is 19.4. The van der Waals surface area contributed by atoms with E-state index >= 15 is 0 Å². The van der Waals surface area contributed by atoms with Crippen molar-refractivity contribution < 1.29 is 17.6 Å². The Bertz CT molecular complexity index is 1210. The molecule has 2 aromatic heterocycles. The highest BCUT2D eigenvalue weighted by molar-refractivity contribution is 6.31. The lowest BCUT2D eigenvalue weighted by atomic mass is 10.1. The van der Waals surface area contributed by atoms with Crippen molar-refractivity contribution in [2.75, 3.05) is 11.4 Å². The Morgan fingerprint density at radius 2 is 1.83 bits per heavy atom. The van der Waals surface area contributed by atoms with Gasteiger partial charge in [0.05, 0.1) is 5.52 Å². The summed E-state index contributed by atoms with van der Waals surface area (Å²) < 4.78 is 55.9. The number of anilines is 2. The average Bonchev–Trinajstić information content (AvgIpc) is 2.98. The SMILES string of the molecule is Cc1cc(F)cc(N(CC(F)(F)F)c2nc3nnc(C)n3c3cc(Cl)ccc23)c1. The van der Waals surface area contributed by atoms with Gasteiger partial charge in [0.25, 0.3) is 5.78 Å². The van der Waals surface area contributed by atoms with E-state index in [1.165, 1.54) is 12.1 Å². The molecule has 4 rings (SSSR count). The molecular weight excluding hydrogens is 410 g/mol. The minimum atomic E-state index is -4.56. The third-order valence-corrected chi connectivity index (χ3v) is 4.62. The number of fused-ring (bicyclic) bond motifs is 3. The first-order valence-corrected chi connectivity index (χ1v) is 8.93. The van der Waals surface area contributed by atoms with Gasteiger partial charge in [-0.05, 0) is 55.8 Å². The number of aryl methyl sites for hydroxylation is 2.